The molecule has 0 spiro atoms. The number of hydrogen-bond donors (Lipinski definition) is 3. The molecular weight excluding hydrogens is 352 g/mol. The molecule has 9 heteroatoms. The summed E-state index contributed by atoms with van der Waals surface area (Å²) in [6, 6.07) is 4.53. The molecule has 0 fully saturated rings. The number of aliphatic carboxylic acids is 1. The zero-order valence-electron chi connectivity index (χ0n) is 13.8. The molecule has 2 aromatic rings. The van der Waals surface area contributed by atoms with E-state index >= 15 is 0 Å². The Hall–Kier alpha value is -1.55. The average molecular weight is 372 g/mol. The van der Waals surface area contributed by atoms with Crippen LogP contribution in [0.4, 0.5) is 0 Å². The Morgan fingerprint density at radius 1 is 1.29 bits per heavy atom. The van der Waals surface area contributed by atoms with E-state index in [1.807, 2.05) is 20.8 Å². The average Bonchev–Trinajstić information content (AvgIpc) is 2.88. The highest BCUT2D eigenvalue weighted by molar-refractivity contribution is 7.89. The predicted molar refractivity (Wildman–Crippen MR) is 91.8 cm³/mol. The van der Waals surface area contributed by atoms with E-state index in [1.165, 1.54) is 23.5 Å². The molecule has 7 nitrogen and oxygen atoms in total. The van der Waals surface area contributed by atoms with Crippen LogP contribution in [0.25, 0.3) is 10.2 Å². The molecule has 2 rings (SSSR count). The lowest BCUT2D eigenvalue weighted by Crippen LogP contribution is -2.46. The number of carboxylic acids is 1. The molecule has 0 saturated heterocycles. The molecule has 0 radical (unpaired) electrons. The zero-order valence-corrected chi connectivity index (χ0v) is 15.5. The molecule has 3 N–H and O–H groups in total. The minimum atomic E-state index is -3.94. The molecule has 0 bridgehead atoms. The molecule has 132 valence electrons. The van der Waals surface area contributed by atoms with Gasteiger partial charge in [0.1, 0.15) is 0 Å². The summed E-state index contributed by atoms with van der Waals surface area (Å²) in [5.41, 5.74) is -1.61. The number of aromatic nitrogens is 1. The Kier molecular flexibility index (Phi) is 4.75. The molecular formula is C15H20N2O5S2. The van der Waals surface area contributed by atoms with Crippen LogP contribution < -0.4 is 4.72 Å². The summed E-state index contributed by atoms with van der Waals surface area (Å²) in [4.78, 5) is 15.4. The van der Waals surface area contributed by atoms with Gasteiger partial charge in [-0.15, -0.1) is 11.3 Å². The van der Waals surface area contributed by atoms with Crippen LogP contribution in [0.5, 0.6) is 0 Å². The van der Waals surface area contributed by atoms with Gasteiger partial charge in [-0.3, -0.25) is 0 Å². The van der Waals surface area contributed by atoms with Gasteiger partial charge in [0.2, 0.25) is 10.0 Å². The summed E-state index contributed by atoms with van der Waals surface area (Å²) in [6.07, 6.45) is 0. The van der Waals surface area contributed by atoms with Crippen LogP contribution >= 0.6 is 11.3 Å². The maximum absolute atomic E-state index is 12.3. The zero-order chi connectivity index (χ0) is 18.3. The van der Waals surface area contributed by atoms with E-state index in [9.17, 15) is 18.3 Å². The lowest BCUT2D eigenvalue weighted by molar-refractivity contribution is -0.155. The van der Waals surface area contributed by atoms with Gasteiger partial charge in [-0.25, -0.2) is 22.9 Å². The quantitative estimate of drug-likeness (QED) is 0.736. The fourth-order valence-electron chi connectivity index (χ4n) is 1.79. The molecule has 24 heavy (non-hydrogen) atoms. The van der Waals surface area contributed by atoms with Crippen LogP contribution in [-0.2, 0) is 20.2 Å². The smallest absolute Gasteiger partial charge is 0.336 e. The number of fused-ring (bicyclic) bond motifs is 1. The first-order chi connectivity index (χ1) is 10.8. The second-order valence-corrected chi connectivity index (χ2v) is 9.60. The number of nitrogens with one attached hydrogen (secondary N) is 1. The number of thiazole rings is 1. The van der Waals surface area contributed by atoms with E-state index in [1.54, 1.807) is 6.07 Å². The highest BCUT2D eigenvalue weighted by Gasteiger charge is 2.32. The number of sulfonamides is 1. The van der Waals surface area contributed by atoms with E-state index in [4.69, 9.17) is 5.11 Å². The number of rotatable bonds is 5. The summed E-state index contributed by atoms with van der Waals surface area (Å²) in [5.74, 6) is -1.50. The second kappa shape index (κ2) is 6.07. The third-order valence-electron chi connectivity index (χ3n) is 3.38. The molecule has 0 aliphatic rings. The van der Waals surface area contributed by atoms with Crippen molar-refractivity contribution in [1.29, 1.82) is 0 Å². The van der Waals surface area contributed by atoms with Gasteiger partial charge in [-0.2, -0.15) is 0 Å². The predicted octanol–water partition coefficient (Wildman–Crippen LogP) is 1.71. The Labute approximate surface area is 144 Å². The van der Waals surface area contributed by atoms with Crippen LogP contribution in [0.2, 0.25) is 0 Å². The lowest BCUT2D eigenvalue weighted by atomic mass is 9.98. The first-order valence-corrected chi connectivity index (χ1v) is 9.49. The minimum Gasteiger partial charge on any atom is -0.479 e. The van der Waals surface area contributed by atoms with E-state index in [-0.39, 0.29) is 10.3 Å². The SMILES string of the molecule is CC(O)(CNS(=O)(=O)c1ccc2nc(C(C)(C)C)sc2c1)C(=O)O. The van der Waals surface area contributed by atoms with Gasteiger partial charge >= 0.3 is 5.97 Å². The van der Waals surface area contributed by atoms with Crippen molar-refractivity contribution in [1.82, 2.24) is 9.71 Å². The fourth-order valence-corrected chi connectivity index (χ4v) is 4.08. The molecule has 0 saturated carbocycles. The summed E-state index contributed by atoms with van der Waals surface area (Å²) < 4.78 is 27.5. The van der Waals surface area contributed by atoms with Gasteiger partial charge in [0.05, 0.1) is 26.7 Å². The normalized spacial score (nSPS) is 15.4. The van der Waals surface area contributed by atoms with Crippen LogP contribution in [0, 0.1) is 0 Å². The van der Waals surface area contributed by atoms with Crippen molar-refractivity contribution in [2.24, 2.45) is 0 Å². The van der Waals surface area contributed by atoms with Crippen molar-refractivity contribution in [3.63, 3.8) is 0 Å². The second-order valence-electron chi connectivity index (χ2n) is 6.80. The van der Waals surface area contributed by atoms with Gasteiger partial charge in [0.15, 0.2) is 5.60 Å². The molecule has 1 atom stereocenters. The number of carboxylic acid groups (broad SMARTS) is 1. The number of benzene rings is 1. The van der Waals surface area contributed by atoms with Crippen molar-refractivity contribution in [3.05, 3.63) is 23.2 Å². The van der Waals surface area contributed by atoms with Crippen molar-refractivity contribution < 1.29 is 23.4 Å². The van der Waals surface area contributed by atoms with Gasteiger partial charge < -0.3 is 10.2 Å². The largest absolute Gasteiger partial charge is 0.479 e. The number of nitrogens with zero attached hydrogens (tertiary/aromatic N) is 1. The first-order valence-electron chi connectivity index (χ1n) is 7.19. The van der Waals surface area contributed by atoms with Crippen molar-refractivity contribution in [3.8, 4) is 0 Å². The van der Waals surface area contributed by atoms with Crippen molar-refractivity contribution in [2.45, 2.75) is 43.6 Å². The van der Waals surface area contributed by atoms with Crippen LogP contribution in [0.1, 0.15) is 32.7 Å². The van der Waals surface area contributed by atoms with Crippen LogP contribution in [0.15, 0.2) is 23.1 Å². The number of aliphatic hydroxyl groups is 1. The maximum Gasteiger partial charge on any atom is 0.336 e. The first kappa shape index (κ1) is 18.8. The van der Waals surface area contributed by atoms with E-state index in [2.05, 4.69) is 9.71 Å². The highest BCUT2D eigenvalue weighted by Crippen LogP contribution is 2.32. The standard InChI is InChI=1S/C15H20N2O5S2/c1-14(2,3)12-17-10-6-5-9(7-11(10)23-12)24(21,22)16-8-15(4,20)13(18)19/h5-7,16,20H,8H2,1-4H3,(H,18,19). The Balaban J connectivity index is 2.32. The summed E-state index contributed by atoms with van der Waals surface area (Å²) in [5, 5.41) is 19.4. The van der Waals surface area contributed by atoms with E-state index < -0.39 is 28.1 Å². The van der Waals surface area contributed by atoms with Gasteiger partial charge in [-0.1, -0.05) is 20.8 Å². The molecule has 1 aromatic carbocycles. The molecule has 0 aliphatic carbocycles. The number of hydrogen-bond acceptors (Lipinski definition) is 6. The third kappa shape index (κ3) is 3.92. The Morgan fingerprint density at radius 3 is 2.46 bits per heavy atom. The van der Waals surface area contributed by atoms with E-state index in [0.717, 1.165) is 16.6 Å². The molecule has 1 aromatic heterocycles. The Morgan fingerprint density at radius 2 is 1.92 bits per heavy atom. The fraction of sp³-hybridized carbons (Fsp3) is 0.467. The highest BCUT2D eigenvalue weighted by atomic mass is 32.2. The monoisotopic (exact) mass is 372 g/mol. The Bertz CT molecular complexity index is 879. The number of carbonyl (C=O) groups is 1. The third-order valence-corrected chi connectivity index (χ3v) is 6.22. The maximum atomic E-state index is 12.3. The van der Waals surface area contributed by atoms with Gasteiger partial charge in [0, 0.05) is 5.41 Å². The lowest BCUT2D eigenvalue weighted by Gasteiger charge is -2.18. The summed E-state index contributed by atoms with van der Waals surface area (Å²) >= 11 is 1.42. The molecule has 0 amide bonds. The van der Waals surface area contributed by atoms with Crippen LogP contribution in [0.3, 0.4) is 0 Å². The van der Waals surface area contributed by atoms with Crippen molar-refractivity contribution in [2.75, 3.05) is 6.54 Å². The van der Waals surface area contributed by atoms with E-state index in [0.29, 0.717) is 5.52 Å². The molecule has 1 unspecified atom stereocenters. The summed E-state index contributed by atoms with van der Waals surface area (Å²) in [7, 11) is -3.94. The van der Waals surface area contributed by atoms with Gasteiger partial charge in [-0.05, 0) is 25.1 Å². The van der Waals surface area contributed by atoms with Gasteiger partial charge in [0.25, 0.3) is 0 Å². The minimum absolute atomic E-state index is 0.000276. The summed E-state index contributed by atoms with van der Waals surface area (Å²) in [6.45, 7) is 6.48. The topological polar surface area (TPSA) is 117 Å². The van der Waals surface area contributed by atoms with Crippen molar-refractivity contribution >= 4 is 37.5 Å². The molecule has 0 aliphatic heterocycles. The van der Waals surface area contributed by atoms with Crippen LogP contribution in [-0.4, -0.2) is 41.7 Å². The molecule has 1 heterocycles.